The number of likely N-dealkylation sites (N-methyl/N-ethyl adjacent to an activating group) is 6. The number of rotatable bonds is 22. The molecular weight excluding hydrogens is 2040 g/mol. The largest absolute Gasteiger partial charge is 2.00 e. The van der Waals surface area contributed by atoms with Gasteiger partial charge in [-0.2, -0.15) is 9.15 Å². The molecule has 8 fully saturated rings. The molecular formula is C127H203Cl2Fe4N11O4+4. The average molecular weight is 2240 g/mol. The van der Waals surface area contributed by atoms with Crippen molar-refractivity contribution in [3.05, 3.63) is 240 Å². The number of non-ortho nitro benzene ring substituents is 1. The van der Waals surface area contributed by atoms with Crippen LogP contribution in [-0.4, -0.2) is 175 Å². The third-order valence-electron chi connectivity index (χ3n) is 34.0. The van der Waals surface area contributed by atoms with Gasteiger partial charge < -0.3 is 88.5 Å². The van der Waals surface area contributed by atoms with Gasteiger partial charge in [0.05, 0.1) is 43.3 Å². The van der Waals surface area contributed by atoms with E-state index in [1.54, 1.807) is 12.1 Å². The number of allylic oxidation sites excluding steroid dienone is 4. The molecule has 0 amide bonds. The normalized spacial score (nSPS) is 21.1. The molecule has 21 rings (SSSR count). The van der Waals surface area contributed by atoms with Crippen LogP contribution in [0.15, 0.2) is 138 Å². The molecule has 5 aromatic carbocycles. The molecule has 8 saturated carbocycles. The Morgan fingerprint density at radius 3 is 1.01 bits per heavy atom. The second kappa shape index (κ2) is 66.8. The molecule has 0 bridgehead atoms. The summed E-state index contributed by atoms with van der Waals surface area (Å²) in [4.78, 5) is 26.3. The van der Waals surface area contributed by atoms with Crippen LogP contribution < -0.4 is 19.6 Å². The maximum Gasteiger partial charge on any atom is 2.00 e. The van der Waals surface area contributed by atoms with Crippen molar-refractivity contribution < 1.29 is 101 Å². The van der Waals surface area contributed by atoms with Gasteiger partial charge >= 0.3 is 80.1 Å². The minimum absolute atomic E-state index is 0. The Hall–Kier alpha value is -5.54. The molecule has 0 saturated heterocycles. The average Bonchev–Trinajstić information content (AvgIpc) is 1.50. The number of nitrogens with zero attached hydrogens (tertiary/aromatic N) is 11. The van der Waals surface area contributed by atoms with Crippen molar-refractivity contribution in [3.8, 4) is 0 Å². The Kier molecular flexibility index (Phi) is 62.5. The monoisotopic (exact) mass is 2240 g/mol. The van der Waals surface area contributed by atoms with Crippen LogP contribution in [0.2, 0.25) is 10.0 Å². The zero-order chi connectivity index (χ0) is 95.9. The summed E-state index contributed by atoms with van der Waals surface area (Å²) in [6, 6.07) is 31.9. The first-order chi connectivity index (χ1) is 65.9. The third kappa shape index (κ3) is 34.5. The molecule has 148 heavy (non-hydrogen) atoms. The minimum atomic E-state index is -0.309. The standard InChI is InChI=1S/C29H40N3.C25H37ClN3.C23H32ClN2O.C22H30N3O3.4C5H10.8CH3.4Fe/c1-5-30-19-20-31(6-2)27(30)21-26-29(3,4)28-24-14-10-9-13-23(24)15-16-25(28)32(26)18-17-22-11-7-8-12-22;1-5-27-15-16-28(6-2)24(27)18-23-25(3,4)21-17-20(26)11-12-22(21)29(23)14-13-19-9-7-8-10-19;1-4-25-13-14-27-22(25)16-21-23(2,3)19-15-18(24)9-10-20(19)26(21)12-11-17-7-5-6-8-17;1-22(2)18-14-17(25(26)27)8-9-19(18)24(11-10-16-6-4-5-7-16)20(22)15-21-23(3)12-13-28-21;4*1-2-4-5-3-1;;;;;;;;;;;;/h9-10,13-16,21-22H,5-8,11-12,17-20H2,1-4H3;11-12,17-19H,5-10,13-16H2,1-4H3;9-10,15-17H,4-8,11-14H2,1-3H3;8-9,14-16H,4-7,10-13H2,1-3H3;4*1-5H2;8*1H3;;;;/q4*+1;;;;;8*-1;4*+2. The molecule has 0 unspecified atom stereocenters. The predicted octanol–water partition coefficient (Wildman–Crippen LogP) is 32.8. The van der Waals surface area contributed by atoms with Crippen molar-refractivity contribution in [3.63, 3.8) is 0 Å². The van der Waals surface area contributed by atoms with Gasteiger partial charge in [-0.15, -0.1) is 0 Å². The van der Waals surface area contributed by atoms with Crippen molar-refractivity contribution in [1.29, 1.82) is 0 Å². The predicted molar refractivity (Wildman–Crippen MR) is 628 cm³/mol. The Bertz CT molecular complexity index is 5000. The second-order valence-electron chi connectivity index (χ2n) is 44.4. The summed E-state index contributed by atoms with van der Waals surface area (Å²) in [6.07, 6.45) is 66.8. The van der Waals surface area contributed by atoms with Crippen molar-refractivity contribution in [1.82, 2.24) is 9.80 Å². The summed E-state index contributed by atoms with van der Waals surface area (Å²) in [7, 11) is 2.04. The molecule has 8 aliphatic heterocycles. The molecule has 8 heterocycles. The fraction of sp³-hybridized carbons (Fsp3) is 0.622. The summed E-state index contributed by atoms with van der Waals surface area (Å²) in [5.74, 6) is 8.19. The van der Waals surface area contributed by atoms with Gasteiger partial charge in [0.25, 0.3) is 17.4 Å². The number of hydrogen-bond donors (Lipinski definition) is 0. The van der Waals surface area contributed by atoms with Crippen LogP contribution in [0.3, 0.4) is 0 Å². The number of halogens is 2. The van der Waals surface area contributed by atoms with Crippen molar-refractivity contribution in [2.24, 2.45) is 23.7 Å². The topological polar surface area (TPSA) is 93.1 Å². The van der Waals surface area contributed by atoms with Crippen LogP contribution in [0.1, 0.15) is 369 Å². The van der Waals surface area contributed by atoms with Gasteiger partial charge in [0.15, 0.2) is 26.3 Å². The number of fused-ring (bicyclic) bond motifs is 6. The van der Waals surface area contributed by atoms with Crippen LogP contribution in [0.5, 0.6) is 0 Å². The van der Waals surface area contributed by atoms with E-state index in [4.69, 9.17) is 32.7 Å². The van der Waals surface area contributed by atoms with E-state index in [1.807, 2.05) is 19.2 Å². The first kappa shape index (κ1) is 139. The Balaban J connectivity index is 0.000000609. The molecule has 5 aromatic rings. The number of nitro groups is 1. The zero-order valence-electron chi connectivity index (χ0n) is 96.8. The van der Waals surface area contributed by atoms with Gasteiger partial charge in [-0.25, -0.2) is 0 Å². The smallest absolute Gasteiger partial charge is 0.438 e. The van der Waals surface area contributed by atoms with E-state index < -0.39 is 0 Å². The number of ether oxygens (including phenoxy) is 2. The Labute approximate surface area is 958 Å². The minimum Gasteiger partial charge on any atom is -0.438 e. The molecule has 0 atom stereocenters. The molecule has 0 N–H and O–H groups in total. The Morgan fingerprint density at radius 1 is 0.365 bits per heavy atom. The summed E-state index contributed by atoms with van der Waals surface area (Å²) in [5.41, 5.74) is 15.6. The molecule has 832 valence electrons. The third-order valence-corrected chi connectivity index (χ3v) is 34.5. The van der Waals surface area contributed by atoms with Crippen molar-refractivity contribution in [2.75, 3.05) is 138 Å². The summed E-state index contributed by atoms with van der Waals surface area (Å²) in [6.45, 7) is 47.3. The van der Waals surface area contributed by atoms with Crippen molar-refractivity contribution >= 4 is 85.9 Å². The van der Waals surface area contributed by atoms with E-state index in [1.165, 1.54) is 329 Å². The number of benzene rings is 5. The Morgan fingerprint density at radius 2 is 0.669 bits per heavy atom. The van der Waals surface area contributed by atoms with Crippen LogP contribution >= 0.6 is 23.2 Å². The summed E-state index contributed by atoms with van der Waals surface area (Å²) in [5, 5.41) is 15.8. The molecule has 21 heteroatoms. The number of anilines is 4. The van der Waals surface area contributed by atoms with E-state index in [0.717, 1.165) is 168 Å². The molecule has 0 radical (unpaired) electrons. The molecule has 0 aromatic heterocycles. The van der Waals surface area contributed by atoms with E-state index >= 15 is 0 Å². The quantitative estimate of drug-likeness (QED) is 0.0219. The van der Waals surface area contributed by atoms with E-state index in [0.29, 0.717) is 6.61 Å². The van der Waals surface area contributed by atoms with Crippen LogP contribution in [0.25, 0.3) is 10.8 Å². The number of hydrogen-bond acceptors (Lipinski definition) is 10. The maximum atomic E-state index is 11.3. The molecule has 0 spiro atoms. The first-order valence-electron chi connectivity index (χ1n) is 55.5. The van der Waals surface area contributed by atoms with E-state index in [-0.39, 0.29) is 160 Å². The molecule has 15 nitrogen and oxygen atoms in total. The fourth-order valence-electron chi connectivity index (χ4n) is 25.4. The van der Waals surface area contributed by atoms with Gasteiger partial charge in [-0.3, -0.25) is 29.1 Å². The van der Waals surface area contributed by atoms with Crippen LogP contribution in [0.4, 0.5) is 28.4 Å². The number of amidine groups is 2. The zero-order valence-corrected chi connectivity index (χ0v) is 103. The maximum absolute atomic E-state index is 11.3. The first-order valence-corrected chi connectivity index (χ1v) is 56.2. The summed E-state index contributed by atoms with van der Waals surface area (Å²) < 4.78 is 21.4. The fourth-order valence-corrected chi connectivity index (χ4v) is 25.8. The van der Waals surface area contributed by atoms with E-state index in [9.17, 15) is 10.1 Å². The van der Waals surface area contributed by atoms with Gasteiger partial charge in [0.2, 0.25) is 0 Å². The van der Waals surface area contributed by atoms with Crippen LogP contribution in [-0.2, 0) is 99.4 Å². The van der Waals surface area contributed by atoms with Crippen LogP contribution in [0, 0.1) is 93.2 Å². The van der Waals surface area contributed by atoms with Gasteiger partial charge in [0.1, 0.15) is 39.8 Å². The summed E-state index contributed by atoms with van der Waals surface area (Å²) >= 11 is 12.8. The van der Waals surface area contributed by atoms with Gasteiger partial charge in [0, 0.05) is 128 Å². The van der Waals surface area contributed by atoms with Crippen molar-refractivity contribution in [2.45, 2.75) is 369 Å². The van der Waals surface area contributed by atoms with Gasteiger partial charge in [-0.05, 0) is 166 Å². The molecule has 8 aliphatic carbocycles. The van der Waals surface area contributed by atoms with E-state index in [2.05, 4.69) is 229 Å². The van der Waals surface area contributed by atoms with Gasteiger partial charge in [-0.1, -0.05) is 340 Å². The number of nitro benzene ring substituents is 1. The second-order valence-corrected chi connectivity index (χ2v) is 45.3. The molecule has 16 aliphatic rings. The SMILES string of the molecule is C1CCCC1.C1CCCC1.C1CCCC1.C1CCCC1.CCN1CC[N+](CC)=C1C=C1N(CCC2CCCC2)c2ccc(Cl)cc2C1(C)C.CCN1CC[N+](CC)=C1C=C1N(CCC2CCCC2)c2ccc3ccccc3c2C1(C)C.CC[N+]1=C(C=C2N(CCC3CCCC3)c3ccc(Cl)cc3C2(C)C)OCC1.C[N+]1=C(C=C2N(CCC3CCCC3)c3ccc([N+](=O)[O-])cc3C2(C)C)OCC1.[CH3-].[CH3-].[CH3-].[CH3-].[CH3-].[CH3-].[CH3-].[CH3-].[Fe+2].[Fe+2].[Fe+2].[Fe+2].